The van der Waals surface area contributed by atoms with Crippen LogP contribution in [0.1, 0.15) is 19.4 Å². The first kappa shape index (κ1) is 17.8. The van der Waals surface area contributed by atoms with Gasteiger partial charge in [-0.2, -0.15) is 0 Å². The van der Waals surface area contributed by atoms with Gasteiger partial charge in [-0.1, -0.05) is 43.9 Å². The molecular formula is C17H16NO5S2-. The van der Waals surface area contributed by atoms with Crippen LogP contribution in [0.5, 0.6) is 11.5 Å². The van der Waals surface area contributed by atoms with Gasteiger partial charge in [-0.05, 0) is 29.7 Å². The molecule has 1 fully saturated rings. The minimum Gasteiger partial charge on any atom is -0.548 e. The van der Waals surface area contributed by atoms with Gasteiger partial charge in [-0.3, -0.25) is 9.69 Å². The van der Waals surface area contributed by atoms with Crippen LogP contribution in [0.4, 0.5) is 0 Å². The van der Waals surface area contributed by atoms with Crippen LogP contribution in [0.3, 0.4) is 0 Å². The van der Waals surface area contributed by atoms with E-state index in [1.54, 1.807) is 38.1 Å². The zero-order valence-electron chi connectivity index (χ0n) is 13.7. The number of amides is 1. The number of fused-ring (bicyclic) bond motifs is 1. The lowest BCUT2D eigenvalue weighted by atomic mass is 10.0. The second kappa shape index (κ2) is 7.05. The monoisotopic (exact) mass is 378 g/mol. The molecule has 2 heterocycles. The summed E-state index contributed by atoms with van der Waals surface area (Å²) in [6, 6.07) is 4.27. The Balaban J connectivity index is 1.89. The van der Waals surface area contributed by atoms with Crippen molar-refractivity contribution in [3.63, 3.8) is 0 Å². The molecule has 1 aromatic rings. The van der Waals surface area contributed by atoms with E-state index in [0.717, 1.165) is 22.2 Å². The van der Waals surface area contributed by atoms with Crippen LogP contribution in [0.25, 0.3) is 6.08 Å². The molecule has 6 nitrogen and oxygen atoms in total. The minimum atomic E-state index is -1.31. The first-order valence-electron chi connectivity index (χ1n) is 7.76. The Morgan fingerprint density at radius 1 is 1.32 bits per heavy atom. The van der Waals surface area contributed by atoms with Gasteiger partial charge in [0.15, 0.2) is 11.5 Å². The Kier molecular flexibility index (Phi) is 5.01. The molecule has 0 N–H and O–H groups in total. The summed E-state index contributed by atoms with van der Waals surface area (Å²) in [5.74, 6) is -0.779. The summed E-state index contributed by atoms with van der Waals surface area (Å²) in [7, 11) is 0. The molecule has 8 heteroatoms. The molecule has 132 valence electrons. The predicted molar refractivity (Wildman–Crippen MR) is 96.1 cm³/mol. The Hall–Kier alpha value is -2.06. The fourth-order valence-electron chi connectivity index (χ4n) is 2.70. The standard InChI is InChI=1S/C17H17NO5S2/c1-9(2)14(16(20)21)18-15(19)13(25-17(18)24)8-10-3-4-11-12(7-10)23-6-5-22-11/h3-4,7-9,14H,5-6H2,1-2H3,(H,20,21)/p-1/b13-8-/t14-/m0/s1. The van der Waals surface area contributed by atoms with E-state index < -0.39 is 17.9 Å². The van der Waals surface area contributed by atoms with E-state index in [9.17, 15) is 14.7 Å². The maximum absolute atomic E-state index is 12.7. The number of thiocarbonyl (C=S) groups is 1. The molecule has 2 aliphatic heterocycles. The van der Waals surface area contributed by atoms with Crippen molar-refractivity contribution in [1.82, 2.24) is 4.90 Å². The third-order valence-corrected chi connectivity index (χ3v) is 5.17. The number of benzene rings is 1. The molecule has 2 aliphatic rings. The molecule has 0 unspecified atom stereocenters. The van der Waals surface area contributed by atoms with E-state index in [-0.39, 0.29) is 10.2 Å². The summed E-state index contributed by atoms with van der Waals surface area (Å²) in [5.41, 5.74) is 0.749. The first-order chi connectivity index (χ1) is 11.9. The summed E-state index contributed by atoms with van der Waals surface area (Å²) in [6.45, 7) is 4.40. The van der Waals surface area contributed by atoms with Crippen molar-refractivity contribution < 1.29 is 24.2 Å². The van der Waals surface area contributed by atoms with E-state index in [0.29, 0.717) is 29.6 Å². The van der Waals surface area contributed by atoms with Crippen LogP contribution in [0, 0.1) is 5.92 Å². The van der Waals surface area contributed by atoms with Crippen molar-refractivity contribution in [3.05, 3.63) is 28.7 Å². The third-order valence-electron chi connectivity index (χ3n) is 3.84. The average Bonchev–Trinajstić information content (AvgIpc) is 2.82. The number of carboxylic acids is 1. The normalized spacial score (nSPS) is 19.6. The van der Waals surface area contributed by atoms with Crippen molar-refractivity contribution in [3.8, 4) is 11.5 Å². The summed E-state index contributed by atoms with van der Waals surface area (Å²) >= 11 is 6.30. The van der Waals surface area contributed by atoms with Crippen LogP contribution in [0.15, 0.2) is 23.1 Å². The van der Waals surface area contributed by atoms with E-state index >= 15 is 0 Å². The van der Waals surface area contributed by atoms with Gasteiger partial charge >= 0.3 is 0 Å². The number of ether oxygens (including phenoxy) is 2. The zero-order chi connectivity index (χ0) is 18.1. The lowest BCUT2D eigenvalue weighted by Gasteiger charge is -2.30. The number of carbonyl (C=O) groups excluding carboxylic acids is 2. The molecule has 0 saturated carbocycles. The molecule has 0 aliphatic carbocycles. The van der Waals surface area contributed by atoms with Crippen LogP contribution < -0.4 is 14.6 Å². The number of thioether (sulfide) groups is 1. The smallest absolute Gasteiger partial charge is 0.266 e. The topological polar surface area (TPSA) is 78.9 Å². The van der Waals surface area contributed by atoms with E-state index in [1.807, 2.05) is 0 Å². The Labute approximate surface area is 154 Å². The molecule has 0 radical (unpaired) electrons. The van der Waals surface area contributed by atoms with Crippen molar-refractivity contribution in [2.45, 2.75) is 19.9 Å². The molecule has 1 amide bonds. The lowest BCUT2D eigenvalue weighted by molar-refractivity contribution is -0.311. The number of rotatable bonds is 4. The highest BCUT2D eigenvalue weighted by molar-refractivity contribution is 8.26. The fourth-order valence-corrected chi connectivity index (χ4v) is 4.03. The largest absolute Gasteiger partial charge is 0.548 e. The zero-order valence-corrected chi connectivity index (χ0v) is 15.3. The van der Waals surface area contributed by atoms with Gasteiger partial charge in [-0.25, -0.2) is 0 Å². The highest BCUT2D eigenvalue weighted by atomic mass is 32.2. The second-order valence-corrected chi connectivity index (χ2v) is 7.64. The summed E-state index contributed by atoms with van der Waals surface area (Å²) in [4.78, 5) is 25.6. The molecule has 1 atom stereocenters. The summed E-state index contributed by atoms with van der Waals surface area (Å²) in [6.07, 6.45) is 1.67. The molecule has 1 aromatic carbocycles. The van der Waals surface area contributed by atoms with E-state index in [2.05, 4.69) is 0 Å². The number of hydrogen-bond donors (Lipinski definition) is 0. The molecule has 1 saturated heterocycles. The summed E-state index contributed by atoms with van der Waals surface area (Å²) in [5, 5.41) is 11.4. The van der Waals surface area contributed by atoms with Gasteiger partial charge < -0.3 is 19.4 Å². The van der Waals surface area contributed by atoms with Crippen LogP contribution in [-0.2, 0) is 9.59 Å². The van der Waals surface area contributed by atoms with Gasteiger partial charge in [0.25, 0.3) is 5.91 Å². The quantitative estimate of drug-likeness (QED) is 0.579. The maximum Gasteiger partial charge on any atom is 0.266 e. The molecule has 0 bridgehead atoms. The highest BCUT2D eigenvalue weighted by Crippen LogP contribution is 2.37. The molecule has 25 heavy (non-hydrogen) atoms. The van der Waals surface area contributed by atoms with Crippen LogP contribution >= 0.6 is 24.0 Å². The number of carbonyl (C=O) groups is 2. The van der Waals surface area contributed by atoms with Crippen molar-refractivity contribution in [1.29, 1.82) is 0 Å². The Morgan fingerprint density at radius 2 is 2.00 bits per heavy atom. The molecular weight excluding hydrogens is 362 g/mol. The van der Waals surface area contributed by atoms with Crippen LogP contribution in [0.2, 0.25) is 0 Å². The minimum absolute atomic E-state index is 0.219. The number of hydrogen-bond acceptors (Lipinski definition) is 7. The van der Waals surface area contributed by atoms with Gasteiger partial charge in [0.1, 0.15) is 17.5 Å². The summed E-state index contributed by atoms with van der Waals surface area (Å²) < 4.78 is 11.2. The number of carboxylic acid groups (broad SMARTS) is 1. The van der Waals surface area contributed by atoms with Crippen molar-refractivity contribution in [2.75, 3.05) is 13.2 Å². The molecule has 3 rings (SSSR count). The highest BCUT2D eigenvalue weighted by Gasteiger charge is 2.39. The predicted octanol–water partition coefficient (Wildman–Crippen LogP) is 1.43. The first-order valence-corrected chi connectivity index (χ1v) is 8.98. The van der Waals surface area contributed by atoms with Gasteiger partial charge in [0.2, 0.25) is 0 Å². The maximum atomic E-state index is 12.7. The van der Waals surface area contributed by atoms with Crippen molar-refractivity contribution in [2.24, 2.45) is 5.92 Å². The average molecular weight is 378 g/mol. The number of nitrogens with zero attached hydrogens (tertiary/aromatic N) is 1. The molecule has 0 aromatic heterocycles. The van der Waals surface area contributed by atoms with Gasteiger partial charge in [0.05, 0.1) is 16.9 Å². The van der Waals surface area contributed by atoms with E-state index in [1.165, 1.54) is 0 Å². The van der Waals surface area contributed by atoms with Crippen LogP contribution in [-0.4, -0.2) is 40.4 Å². The van der Waals surface area contributed by atoms with Gasteiger partial charge in [0, 0.05) is 0 Å². The van der Waals surface area contributed by atoms with E-state index in [4.69, 9.17) is 21.7 Å². The third kappa shape index (κ3) is 3.50. The Morgan fingerprint density at radius 3 is 2.64 bits per heavy atom. The fraction of sp³-hybridized carbons (Fsp3) is 0.353. The number of aliphatic carboxylic acids is 1. The SMILES string of the molecule is CC(C)[C@@H](C(=O)[O-])N1C(=O)/C(=C/c2ccc3c(c2)OCCO3)SC1=S. The van der Waals surface area contributed by atoms with Crippen molar-refractivity contribution >= 4 is 46.3 Å². The lowest BCUT2D eigenvalue weighted by Crippen LogP contribution is -2.52. The Bertz CT molecular complexity index is 774. The van der Waals surface area contributed by atoms with Gasteiger partial charge in [-0.15, -0.1) is 0 Å². The molecule has 0 spiro atoms. The second-order valence-electron chi connectivity index (χ2n) is 5.96.